The summed E-state index contributed by atoms with van der Waals surface area (Å²) in [7, 11) is 1.78. The van der Waals surface area contributed by atoms with Crippen LogP contribution in [0.15, 0.2) is 76.6 Å². The van der Waals surface area contributed by atoms with Crippen molar-refractivity contribution in [2.75, 3.05) is 12.8 Å². The summed E-state index contributed by atoms with van der Waals surface area (Å²) < 4.78 is 7.61. The number of benzene rings is 1. The van der Waals surface area contributed by atoms with E-state index < -0.39 is 0 Å². The molecule has 0 radical (unpaired) electrons. The van der Waals surface area contributed by atoms with Crippen molar-refractivity contribution in [1.82, 2.24) is 24.6 Å². The van der Waals surface area contributed by atoms with Crippen LogP contribution in [0, 0.1) is 6.92 Å². The third-order valence-corrected chi connectivity index (χ3v) is 5.73. The summed E-state index contributed by atoms with van der Waals surface area (Å²) in [6, 6.07) is 17.7. The number of aromatic nitrogens is 4. The lowest BCUT2D eigenvalue weighted by molar-refractivity contribution is -0.127. The Bertz CT molecular complexity index is 1140. The first-order valence-corrected chi connectivity index (χ1v) is 10.9. The number of amides is 1. The second-order valence-electron chi connectivity index (χ2n) is 7.16. The van der Waals surface area contributed by atoms with E-state index in [0.717, 1.165) is 28.5 Å². The maximum absolute atomic E-state index is 12.7. The van der Waals surface area contributed by atoms with Crippen LogP contribution in [0.25, 0.3) is 11.4 Å². The Kier molecular flexibility index (Phi) is 6.47. The van der Waals surface area contributed by atoms with Crippen LogP contribution in [0.4, 0.5) is 0 Å². The molecule has 1 aromatic carbocycles. The van der Waals surface area contributed by atoms with Gasteiger partial charge < -0.3 is 9.32 Å². The highest BCUT2D eigenvalue weighted by atomic mass is 32.2. The van der Waals surface area contributed by atoms with E-state index in [1.54, 1.807) is 24.3 Å². The Morgan fingerprint density at radius 2 is 1.84 bits per heavy atom. The van der Waals surface area contributed by atoms with Crippen LogP contribution in [-0.2, 0) is 17.9 Å². The standard InChI is InChI=1S/C23H23N5O2S/c1-17-8-9-20(30-17)15-27(2)21(29)16-31-23-26-25-22(19-10-12-24-13-11-19)28(23)14-18-6-4-3-5-7-18/h3-13H,14-16H2,1-2H3. The Morgan fingerprint density at radius 1 is 1.06 bits per heavy atom. The van der Waals surface area contributed by atoms with Gasteiger partial charge in [-0.2, -0.15) is 0 Å². The molecule has 0 aliphatic carbocycles. The number of pyridine rings is 1. The maximum Gasteiger partial charge on any atom is 0.233 e. The van der Waals surface area contributed by atoms with Crippen LogP contribution in [0.2, 0.25) is 0 Å². The van der Waals surface area contributed by atoms with Gasteiger partial charge in [0.15, 0.2) is 11.0 Å². The van der Waals surface area contributed by atoms with Gasteiger partial charge in [0.2, 0.25) is 5.91 Å². The molecule has 0 aliphatic heterocycles. The number of nitrogens with zero attached hydrogens (tertiary/aromatic N) is 5. The minimum absolute atomic E-state index is 0.00113. The Labute approximate surface area is 185 Å². The summed E-state index contributed by atoms with van der Waals surface area (Å²) in [6.45, 7) is 2.94. The molecule has 31 heavy (non-hydrogen) atoms. The van der Waals surface area contributed by atoms with E-state index in [4.69, 9.17) is 4.42 Å². The molecule has 0 spiro atoms. The molecule has 158 valence electrons. The van der Waals surface area contributed by atoms with Crippen molar-refractivity contribution in [1.29, 1.82) is 0 Å². The van der Waals surface area contributed by atoms with Gasteiger partial charge in [-0.15, -0.1) is 10.2 Å². The van der Waals surface area contributed by atoms with Crippen LogP contribution >= 0.6 is 11.8 Å². The van der Waals surface area contributed by atoms with Crippen LogP contribution in [0.5, 0.6) is 0 Å². The molecule has 0 fully saturated rings. The molecular formula is C23H23N5O2S. The van der Waals surface area contributed by atoms with Gasteiger partial charge in [0, 0.05) is 25.0 Å². The number of carbonyl (C=O) groups is 1. The normalized spacial score (nSPS) is 10.9. The minimum Gasteiger partial charge on any atom is -0.464 e. The number of furan rings is 1. The zero-order valence-corrected chi connectivity index (χ0v) is 18.2. The summed E-state index contributed by atoms with van der Waals surface area (Å²) in [5.41, 5.74) is 2.07. The van der Waals surface area contributed by atoms with Gasteiger partial charge in [0.25, 0.3) is 0 Å². The monoisotopic (exact) mass is 433 g/mol. The lowest BCUT2D eigenvalue weighted by atomic mass is 10.2. The Hall–Kier alpha value is -3.39. The fourth-order valence-electron chi connectivity index (χ4n) is 3.15. The summed E-state index contributed by atoms with van der Waals surface area (Å²) in [5.74, 6) is 2.62. The number of thioether (sulfide) groups is 1. The lowest BCUT2D eigenvalue weighted by Crippen LogP contribution is -2.27. The molecule has 0 unspecified atom stereocenters. The predicted molar refractivity (Wildman–Crippen MR) is 119 cm³/mol. The van der Waals surface area contributed by atoms with Crippen molar-refractivity contribution in [3.05, 3.63) is 84.1 Å². The van der Waals surface area contributed by atoms with Gasteiger partial charge in [-0.3, -0.25) is 14.3 Å². The summed E-state index contributed by atoms with van der Waals surface area (Å²) in [5, 5.41) is 9.47. The molecule has 0 atom stereocenters. The quantitative estimate of drug-likeness (QED) is 0.390. The van der Waals surface area contributed by atoms with E-state index in [9.17, 15) is 4.79 Å². The molecular weight excluding hydrogens is 410 g/mol. The smallest absolute Gasteiger partial charge is 0.233 e. The molecule has 0 saturated carbocycles. The summed E-state index contributed by atoms with van der Waals surface area (Å²) in [4.78, 5) is 18.4. The number of rotatable bonds is 8. The lowest BCUT2D eigenvalue weighted by Gasteiger charge is -2.16. The number of hydrogen-bond acceptors (Lipinski definition) is 6. The average Bonchev–Trinajstić information content (AvgIpc) is 3.39. The first kappa shape index (κ1) is 20.9. The van der Waals surface area contributed by atoms with E-state index in [1.165, 1.54) is 11.8 Å². The van der Waals surface area contributed by atoms with Gasteiger partial charge in [0.05, 0.1) is 18.8 Å². The summed E-state index contributed by atoms with van der Waals surface area (Å²) in [6.07, 6.45) is 3.47. The van der Waals surface area contributed by atoms with E-state index >= 15 is 0 Å². The van der Waals surface area contributed by atoms with Crippen molar-refractivity contribution in [3.63, 3.8) is 0 Å². The fraction of sp³-hybridized carbons (Fsp3) is 0.217. The van der Waals surface area contributed by atoms with Gasteiger partial charge in [-0.25, -0.2) is 0 Å². The number of hydrogen-bond donors (Lipinski definition) is 0. The zero-order chi connectivity index (χ0) is 21.6. The molecule has 4 rings (SSSR count). The molecule has 7 nitrogen and oxygen atoms in total. The van der Waals surface area contributed by atoms with Crippen LogP contribution < -0.4 is 0 Å². The van der Waals surface area contributed by atoms with Crippen molar-refractivity contribution < 1.29 is 9.21 Å². The highest BCUT2D eigenvalue weighted by molar-refractivity contribution is 7.99. The van der Waals surface area contributed by atoms with Crippen molar-refractivity contribution in [3.8, 4) is 11.4 Å². The molecule has 1 amide bonds. The highest BCUT2D eigenvalue weighted by Gasteiger charge is 2.18. The van der Waals surface area contributed by atoms with E-state index in [2.05, 4.69) is 27.3 Å². The Balaban J connectivity index is 1.50. The van der Waals surface area contributed by atoms with Crippen molar-refractivity contribution in [2.24, 2.45) is 0 Å². The Morgan fingerprint density at radius 3 is 2.55 bits per heavy atom. The molecule has 8 heteroatoms. The largest absolute Gasteiger partial charge is 0.464 e. The second kappa shape index (κ2) is 9.61. The van der Waals surface area contributed by atoms with E-state index in [0.29, 0.717) is 18.2 Å². The third kappa shape index (κ3) is 5.21. The van der Waals surface area contributed by atoms with Crippen LogP contribution in [0.3, 0.4) is 0 Å². The van der Waals surface area contributed by atoms with E-state index in [1.807, 2.05) is 54.0 Å². The van der Waals surface area contributed by atoms with Crippen molar-refractivity contribution in [2.45, 2.75) is 25.2 Å². The first-order chi connectivity index (χ1) is 15.1. The van der Waals surface area contributed by atoms with Crippen LogP contribution in [0.1, 0.15) is 17.1 Å². The SMILES string of the molecule is Cc1ccc(CN(C)C(=O)CSc2nnc(-c3ccncc3)n2Cc2ccccc2)o1. The van der Waals surface area contributed by atoms with Gasteiger partial charge in [-0.05, 0) is 36.8 Å². The second-order valence-corrected chi connectivity index (χ2v) is 8.11. The molecule has 0 N–H and O–H groups in total. The highest BCUT2D eigenvalue weighted by Crippen LogP contribution is 2.25. The number of carbonyl (C=O) groups excluding carboxylic acids is 1. The van der Waals surface area contributed by atoms with Gasteiger partial charge in [-0.1, -0.05) is 42.1 Å². The maximum atomic E-state index is 12.7. The average molecular weight is 434 g/mol. The fourth-order valence-corrected chi connectivity index (χ4v) is 4.03. The molecule has 0 saturated heterocycles. The minimum atomic E-state index is -0.00113. The third-order valence-electron chi connectivity index (χ3n) is 4.78. The zero-order valence-electron chi connectivity index (χ0n) is 17.4. The predicted octanol–water partition coefficient (Wildman–Crippen LogP) is 4.04. The topological polar surface area (TPSA) is 77.1 Å². The first-order valence-electron chi connectivity index (χ1n) is 9.90. The summed E-state index contributed by atoms with van der Waals surface area (Å²) >= 11 is 1.39. The molecule has 0 bridgehead atoms. The molecule has 4 aromatic rings. The van der Waals surface area contributed by atoms with E-state index in [-0.39, 0.29) is 11.7 Å². The molecule has 0 aliphatic rings. The van der Waals surface area contributed by atoms with Gasteiger partial charge in [0.1, 0.15) is 11.5 Å². The van der Waals surface area contributed by atoms with Crippen molar-refractivity contribution >= 4 is 17.7 Å². The molecule has 3 heterocycles. The van der Waals surface area contributed by atoms with Gasteiger partial charge >= 0.3 is 0 Å². The molecule has 3 aromatic heterocycles. The number of aryl methyl sites for hydroxylation is 1. The van der Waals surface area contributed by atoms with Crippen LogP contribution in [-0.4, -0.2) is 43.4 Å².